The smallest absolute Gasteiger partial charge is 0.294 e. The molecule has 0 amide bonds. The predicted octanol–water partition coefficient (Wildman–Crippen LogP) is 3.36. The summed E-state index contributed by atoms with van der Waals surface area (Å²) in [5.74, 6) is 0.147. The number of benzene rings is 2. The van der Waals surface area contributed by atoms with Crippen LogP contribution in [0.4, 0.5) is 0 Å². The van der Waals surface area contributed by atoms with E-state index < -0.39 is 6.17 Å². The SMILES string of the molecule is C=CCN(C)C(C)n1c(=O)c2cccc3c4c5c(ccc4n(c1=O)c23)C(=O)CCC5. The first kappa shape index (κ1) is 18.8. The Bertz CT molecular complexity index is 1460. The molecule has 0 bridgehead atoms. The number of fused-ring (bicyclic) bond motifs is 5. The van der Waals surface area contributed by atoms with Gasteiger partial charge < -0.3 is 0 Å². The lowest BCUT2D eigenvalue weighted by Gasteiger charge is -2.25. The summed E-state index contributed by atoms with van der Waals surface area (Å²) in [5.41, 5.74) is 2.48. The average molecular weight is 401 g/mol. The minimum Gasteiger partial charge on any atom is -0.294 e. The highest BCUT2D eigenvalue weighted by atomic mass is 16.2. The lowest BCUT2D eigenvalue weighted by atomic mass is 9.87. The van der Waals surface area contributed by atoms with Gasteiger partial charge in [-0.05, 0) is 50.6 Å². The fourth-order valence-corrected chi connectivity index (χ4v) is 4.89. The Labute approximate surface area is 173 Å². The molecule has 0 aliphatic heterocycles. The van der Waals surface area contributed by atoms with Crippen molar-refractivity contribution >= 4 is 33.0 Å². The number of carbonyl (C=O) groups is 1. The van der Waals surface area contributed by atoms with Crippen molar-refractivity contribution in [3.63, 3.8) is 0 Å². The van der Waals surface area contributed by atoms with Crippen molar-refractivity contribution < 1.29 is 4.79 Å². The third-order valence-corrected chi connectivity index (χ3v) is 6.47. The van der Waals surface area contributed by atoms with Gasteiger partial charge in [-0.2, -0.15) is 0 Å². The maximum Gasteiger partial charge on any atom is 0.337 e. The first-order valence-electron chi connectivity index (χ1n) is 10.3. The first-order valence-corrected chi connectivity index (χ1v) is 10.3. The van der Waals surface area contributed by atoms with Crippen molar-refractivity contribution in [2.75, 3.05) is 13.6 Å². The maximum atomic E-state index is 13.6. The molecule has 1 atom stereocenters. The van der Waals surface area contributed by atoms with Gasteiger partial charge in [0, 0.05) is 29.3 Å². The second kappa shape index (κ2) is 6.64. The van der Waals surface area contributed by atoms with Crippen LogP contribution >= 0.6 is 0 Å². The van der Waals surface area contributed by atoms with E-state index in [2.05, 4.69) is 6.58 Å². The van der Waals surface area contributed by atoms with Crippen molar-refractivity contribution in [2.45, 2.75) is 32.4 Å². The summed E-state index contributed by atoms with van der Waals surface area (Å²) in [5, 5.41) is 2.30. The van der Waals surface area contributed by atoms with Crippen LogP contribution in [-0.4, -0.2) is 33.2 Å². The molecule has 0 fully saturated rings. The molecule has 2 heterocycles. The van der Waals surface area contributed by atoms with Crippen LogP contribution in [0.15, 0.2) is 52.6 Å². The summed E-state index contributed by atoms with van der Waals surface area (Å²) in [7, 11) is 1.86. The summed E-state index contributed by atoms with van der Waals surface area (Å²) >= 11 is 0. The number of para-hydroxylation sites is 1. The molecule has 1 aliphatic rings. The first-order chi connectivity index (χ1) is 14.5. The van der Waals surface area contributed by atoms with Crippen LogP contribution in [0.2, 0.25) is 0 Å². The Morgan fingerprint density at radius 2 is 1.90 bits per heavy atom. The van der Waals surface area contributed by atoms with Crippen molar-refractivity contribution in [1.29, 1.82) is 0 Å². The van der Waals surface area contributed by atoms with E-state index in [4.69, 9.17) is 0 Å². The molecule has 2 aromatic carbocycles. The Kier molecular flexibility index (Phi) is 4.15. The Morgan fingerprint density at radius 3 is 2.67 bits per heavy atom. The van der Waals surface area contributed by atoms with Crippen molar-refractivity contribution in [1.82, 2.24) is 13.9 Å². The summed E-state index contributed by atoms with van der Waals surface area (Å²) < 4.78 is 2.97. The number of aromatic nitrogens is 2. The molecule has 1 aliphatic carbocycles. The molecule has 0 N–H and O–H groups in total. The van der Waals surface area contributed by atoms with Gasteiger partial charge in [0.1, 0.15) is 0 Å². The quantitative estimate of drug-likeness (QED) is 0.492. The van der Waals surface area contributed by atoms with E-state index >= 15 is 0 Å². The second-order valence-electron chi connectivity index (χ2n) is 8.12. The molecule has 2 aromatic heterocycles. The largest absolute Gasteiger partial charge is 0.337 e. The normalized spacial score (nSPS) is 15.4. The summed E-state index contributed by atoms with van der Waals surface area (Å²) in [4.78, 5) is 41.4. The number of carbonyl (C=O) groups excluding carboxylic acids is 1. The molecule has 0 saturated heterocycles. The molecule has 6 heteroatoms. The molecule has 0 saturated carbocycles. The van der Waals surface area contributed by atoms with Crippen molar-refractivity contribution in [3.05, 3.63) is 75.0 Å². The highest BCUT2D eigenvalue weighted by Crippen LogP contribution is 2.36. The number of likely N-dealkylation sites (N-methyl/N-ethyl adjacent to an activating group) is 1. The Morgan fingerprint density at radius 1 is 1.13 bits per heavy atom. The Balaban J connectivity index is 1.97. The molecule has 0 spiro atoms. The lowest BCUT2D eigenvalue weighted by Crippen LogP contribution is -2.44. The summed E-state index contributed by atoms with van der Waals surface area (Å²) in [6.45, 7) is 6.15. The molecule has 5 rings (SSSR count). The van der Waals surface area contributed by atoms with Crippen LogP contribution in [0.1, 0.15) is 41.9 Å². The zero-order chi connectivity index (χ0) is 21.2. The fraction of sp³-hybridized carbons (Fsp3) is 0.292. The minimum absolute atomic E-state index is 0.147. The molecule has 4 aromatic rings. The zero-order valence-electron chi connectivity index (χ0n) is 17.1. The number of hydrogen-bond acceptors (Lipinski definition) is 4. The molecular formula is C24H23N3O3. The van der Waals surface area contributed by atoms with E-state index in [0.29, 0.717) is 23.9 Å². The highest BCUT2D eigenvalue weighted by molar-refractivity contribution is 6.17. The number of ketones is 1. The topological polar surface area (TPSA) is 63.8 Å². The highest BCUT2D eigenvalue weighted by Gasteiger charge is 2.26. The average Bonchev–Trinajstić information content (AvgIpc) is 3.08. The van der Waals surface area contributed by atoms with Gasteiger partial charge in [-0.25, -0.2) is 9.36 Å². The lowest BCUT2D eigenvalue weighted by molar-refractivity contribution is 0.0973. The number of nitrogens with zero attached hydrogens (tertiary/aromatic N) is 3. The third kappa shape index (κ3) is 2.37. The molecule has 0 radical (unpaired) electrons. The monoisotopic (exact) mass is 401 g/mol. The van der Waals surface area contributed by atoms with Gasteiger partial charge >= 0.3 is 5.69 Å². The molecule has 30 heavy (non-hydrogen) atoms. The summed E-state index contributed by atoms with van der Waals surface area (Å²) in [6.07, 6.45) is 3.48. The van der Waals surface area contributed by atoms with Crippen LogP contribution in [0.5, 0.6) is 0 Å². The van der Waals surface area contributed by atoms with Crippen LogP contribution in [0.3, 0.4) is 0 Å². The van der Waals surface area contributed by atoms with E-state index in [1.54, 1.807) is 16.5 Å². The van der Waals surface area contributed by atoms with Gasteiger partial charge in [-0.3, -0.25) is 18.9 Å². The maximum absolute atomic E-state index is 13.6. The van der Waals surface area contributed by atoms with Crippen LogP contribution < -0.4 is 11.2 Å². The standard InChI is InChI=1S/C24H23N3O3/c1-4-13-25(3)14(2)26-23(29)18-9-5-8-17-21-16-7-6-10-20(28)15(16)11-12-19(21)27(22(17)18)24(26)30/h4-5,8-9,11-12,14H,1,6-7,10,13H2,2-3H3. The number of aryl methyl sites for hydroxylation is 1. The second-order valence-corrected chi connectivity index (χ2v) is 8.12. The van der Waals surface area contributed by atoms with Gasteiger partial charge in [0.15, 0.2) is 5.78 Å². The van der Waals surface area contributed by atoms with E-state index in [1.807, 2.05) is 43.1 Å². The van der Waals surface area contributed by atoms with E-state index in [0.717, 1.165) is 40.3 Å². The van der Waals surface area contributed by atoms with Gasteiger partial charge in [-0.1, -0.05) is 18.2 Å². The van der Waals surface area contributed by atoms with E-state index in [1.165, 1.54) is 4.57 Å². The van der Waals surface area contributed by atoms with Crippen LogP contribution in [0.25, 0.3) is 27.2 Å². The minimum atomic E-state index is -0.428. The number of Topliss-reactive ketones (excluding diaryl/α,β-unsaturated/α-hetero) is 1. The van der Waals surface area contributed by atoms with Gasteiger partial charge in [-0.15, -0.1) is 6.58 Å². The summed E-state index contributed by atoms with van der Waals surface area (Å²) in [6, 6.07) is 9.26. The third-order valence-electron chi connectivity index (χ3n) is 6.47. The molecule has 1 unspecified atom stereocenters. The number of rotatable bonds is 4. The molecular weight excluding hydrogens is 378 g/mol. The van der Waals surface area contributed by atoms with E-state index in [-0.39, 0.29) is 17.0 Å². The fourth-order valence-electron chi connectivity index (χ4n) is 4.89. The van der Waals surface area contributed by atoms with Crippen LogP contribution in [-0.2, 0) is 6.42 Å². The molecule has 6 nitrogen and oxygen atoms in total. The van der Waals surface area contributed by atoms with Crippen LogP contribution in [0, 0.1) is 0 Å². The Hall–Kier alpha value is -3.25. The number of hydrogen-bond donors (Lipinski definition) is 0. The predicted molar refractivity (Wildman–Crippen MR) is 119 cm³/mol. The van der Waals surface area contributed by atoms with Crippen molar-refractivity contribution in [2.24, 2.45) is 0 Å². The zero-order valence-corrected chi connectivity index (χ0v) is 17.1. The van der Waals surface area contributed by atoms with Gasteiger partial charge in [0.2, 0.25) is 0 Å². The van der Waals surface area contributed by atoms with Gasteiger partial charge in [0.05, 0.1) is 22.6 Å². The van der Waals surface area contributed by atoms with E-state index in [9.17, 15) is 14.4 Å². The van der Waals surface area contributed by atoms with Crippen molar-refractivity contribution in [3.8, 4) is 0 Å². The molecule has 152 valence electrons. The van der Waals surface area contributed by atoms with Gasteiger partial charge in [0.25, 0.3) is 5.56 Å².